The normalized spacial score (nSPS) is 9.94. The van der Waals surface area contributed by atoms with Crippen LogP contribution < -0.4 is 0 Å². The molecule has 1 N–H and O–H groups in total. The van der Waals surface area contributed by atoms with Crippen LogP contribution in [0.1, 0.15) is 38.8 Å². The highest BCUT2D eigenvalue weighted by Gasteiger charge is 2.20. The number of carbonyl (C=O) groups excluding carboxylic acids is 1. The van der Waals surface area contributed by atoms with E-state index in [-0.39, 0.29) is 17.7 Å². The number of carboxylic acid groups (broad SMARTS) is 1. The third kappa shape index (κ3) is 2.39. The minimum absolute atomic E-state index is 0.00375. The molecule has 4 nitrogen and oxygen atoms in total. The van der Waals surface area contributed by atoms with Crippen LogP contribution in [0.2, 0.25) is 0 Å². The first kappa shape index (κ1) is 12.2. The van der Waals surface area contributed by atoms with Gasteiger partial charge in [0.15, 0.2) is 0 Å². The Morgan fingerprint density at radius 1 is 1.31 bits per heavy atom. The van der Waals surface area contributed by atoms with Crippen molar-refractivity contribution >= 4 is 11.9 Å². The van der Waals surface area contributed by atoms with Crippen LogP contribution in [0.15, 0.2) is 12.1 Å². The molecule has 0 atom stereocenters. The van der Waals surface area contributed by atoms with Gasteiger partial charge in [0.1, 0.15) is 0 Å². The molecule has 0 saturated heterocycles. The summed E-state index contributed by atoms with van der Waals surface area (Å²) in [7, 11) is 0. The van der Waals surface area contributed by atoms with Gasteiger partial charge in [0.2, 0.25) is 0 Å². The van der Waals surface area contributed by atoms with Crippen LogP contribution >= 0.6 is 0 Å². The van der Waals surface area contributed by atoms with Gasteiger partial charge in [0.25, 0.3) is 0 Å². The monoisotopic (exact) mass is 222 g/mol. The zero-order valence-electron chi connectivity index (χ0n) is 9.53. The highest BCUT2D eigenvalue weighted by Crippen LogP contribution is 2.18. The molecule has 0 heterocycles. The number of aromatic carboxylic acids is 1. The minimum atomic E-state index is -1.12. The van der Waals surface area contributed by atoms with Crippen LogP contribution in [-0.2, 0) is 4.74 Å². The van der Waals surface area contributed by atoms with Crippen molar-refractivity contribution in [2.75, 3.05) is 6.61 Å². The lowest BCUT2D eigenvalue weighted by Crippen LogP contribution is -2.14. The van der Waals surface area contributed by atoms with Gasteiger partial charge in [0.05, 0.1) is 17.7 Å². The molecule has 0 spiro atoms. The average Bonchev–Trinajstić information content (AvgIpc) is 2.16. The first-order valence-corrected chi connectivity index (χ1v) is 4.99. The molecule has 0 bridgehead atoms. The van der Waals surface area contributed by atoms with Gasteiger partial charge in [-0.2, -0.15) is 0 Å². The van der Waals surface area contributed by atoms with Gasteiger partial charge >= 0.3 is 11.9 Å². The Morgan fingerprint density at radius 3 is 2.44 bits per heavy atom. The fourth-order valence-electron chi connectivity index (χ4n) is 1.61. The number of carbonyl (C=O) groups is 2. The highest BCUT2D eigenvalue weighted by molar-refractivity contribution is 6.03. The minimum Gasteiger partial charge on any atom is -0.478 e. The summed E-state index contributed by atoms with van der Waals surface area (Å²) in [6.07, 6.45) is 0. The maximum absolute atomic E-state index is 11.6. The van der Waals surface area contributed by atoms with E-state index in [9.17, 15) is 9.59 Å². The molecule has 0 unspecified atom stereocenters. The van der Waals surface area contributed by atoms with Crippen molar-refractivity contribution in [2.24, 2.45) is 0 Å². The number of benzene rings is 1. The second-order valence-corrected chi connectivity index (χ2v) is 3.53. The van der Waals surface area contributed by atoms with E-state index in [0.29, 0.717) is 5.56 Å². The standard InChI is InChI=1S/C12H14O4/c1-4-16-12(15)10-8(3)5-7(2)6-9(10)11(13)14/h5-6H,4H2,1-3H3,(H,13,14). The van der Waals surface area contributed by atoms with Gasteiger partial charge in [-0.05, 0) is 38.0 Å². The number of aryl methyl sites for hydroxylation is 2. The van der Waals surface area contributed by atoms with Crippen LogP contribution in [0.4, 0.5) is 0 Å². The summed E-state index contributed by atoms with van der Waals surface area (Å²) in [5.74, 6) is -1.70. The van der Waals surface area contributed by atoms with Gasteiger partial charge in [-0.1, -0.05) is 6.07 Å². The molecule has 86 valence electrons. The molecule has 0 aliphatic carbocycles. The third-order valence-electron chi connectivity index (χ3n) is 2.19. The topological polar surface area (TPSA) is 63.6 Å². The quantitative estimate of drug-likeness (QED) is 0.796. The summed E-state index contributed by atoms with van der Waals surface area (Å²) in [5.41, 5.74) is 1.56. The fourth-order valence-corrected chi connectivity index (χ4v) is 1.61. The zero-order chi connectivity index (χ0) is 12.3. The van der Waals surface area contributed by atoms with Crippen molar-refractivity contribution in [1.29, 1.82) is 0 Å². The number of esters is 1. The summed E-state index contributed by atoms with van der Waals surface area (Å²) in [4.78, 5) is 22.6. The molecular weight excluding hydrogens is 208 g/mol. The van der Waals surface area contributed by atoms with Crippen molar-refractivity contribution < 1.29 is 19.4 Å². The molecule has 1 rings (SSSR count). The van der Waals surface area contributed by atoms with E-state index >= 15 is 0 Å². The number of hydrogen-bond acceptors (Lipinski definition) is 3. The smallest absolute Gasteiger partial charge is 0.339 e. The maximum Gasteiger partial charge on any atom is 0.339 e. The second kappa shape index (κ2) is 4.79. The van der Waals surface area contributed by atoms with Crippen molar-refractivity contribution in [3.05, 3.63) is 34.4 Å². The zero-order valence-corrected chi connectivity index (χ0v) is 9.53. The summed E-state index contributed by atoms with van der Waals surface area (Å²) < 4.78 is 4.84. The van der Waals surface area contributed by atoms with Gasteiger partial charge in [0, 0.05) is 0 Å². The number of hydrogen-bond donors (Lipinski definition) is 1. The van der Waals surface area contributed by atoms with E-state index in [2.05, 4.69) is 0 Å². The summed E-state index contributed by atoms with van der Waals surface area (Å²) in [6.45, 7) is 5.40. The second-order valence-electron chi connectivity index (χ2n) is 3.53. The molecule has 1 aromatic rings. The summed E-state index contributed by atoms with van der Waals surface area (Å²) >= 11 is 0. The molecule has 0 aromatic heterocycles. The molecule has 0 aliphatic rings. The van der Waals surface area contributed by atoms with E-state index in [0.717, 1.165) is 5.56 Å². The van der Waals surface area contributed by atoms with E-state index in [1.807, 2.05) is 0 Å². The van der Waals surface area contributed by atoms with Crippen molar-refractivity contribution in [3.63, 3.8) is 0 Å². The fraction of sp³-hybridized carbons (Fsp3) is 0.333. The van der Waals surface area contributed by atoms with Crippen LogP contribution in [-0.4, -0.2) is 23.7 Å². The molecule has 1 aromatic carbocycles. The molecule has 0 amide bonds. The maximum atomic E-state index is 11.6. The van der Waals surface area contributed by atoms with Gasteiger partial charge < -0.3 is 9.84 Å². The number of carboxylic acids is 1. The van der Waals surface area contributed by atoms with E-state index in [1.54, 1.807) is 26.8 Å². The van der Waals surface area contributed by atoms with Crippen molar-refractivity contribution in [2.45, 2.75) is 20.8 Å². The van der Waals surface area contributed by atoms with E-state index < -0.39 is 11.9 Å². The van der Waals surface area contributed by atoms with Gasteiger partial charge in [-0.3, -0.25) is 0 Å². The number of rotatable bonds is 3. The highest BCUT2D eigenvalue weighted by atomic mass is 16.5. The Hall–Kier alpha value is -1.84. The molecule has 0 radical (unpaired) electrons. The number of ether oxygens (including phenoxy) is 1. The average molecular weight is 222 g/mol. The molecule has 4 heteroatoms. The third-order valence-corrected chi connectivity index (χ3v) is 2.19. The van der Waals surface area contributed by atoms with Gasteiger partial charge in [-0.15, -0.1) is 0 Å². The Balaban J connectivity index is 3.35. The van der Waals surface area contributed by atoms with Crippen molar-refractivity contribution in [3.8, 4) is 0 Å². The molecule has 0 fully saturated rings. The lowest BCUT2D eigenvalue weighted by Gasteiger charge is -2.10. The SMILES string of the molecule is CCOC(=O)c1c(C)cc(C)cc1C(=O)O. The molecular formula is C12H14O4. The Bertz CT molecular complexity index is 435. The Kier molecular flexibility index (Phi) is 3.66. The predicted molar refractivity (Wildman–Crippen MR) is 58.8 cm³/mol. The van der Waals surface area contributed by atoms with E-state index in [1.165, 1.54) is 6.07 Å². The van der Waals surface area contributed by atoms with Crippen LogP contribution in [0.25, 0.3) is 0 Å². The molecule has 0 aliphatic heterocycles. The molecule has 0 saturated carbocycles. The van der Waals surface area contributed by atoms with Crippen LogP contribution in [0.3, 0.4) is 0 Å². The van der Waals surface area contributed by atoms with E-state index in [4.69, 9.17) is 9.84 Å². The first-order chi connectivity index (χ1) is 7.47. The van der Waals surface area contributed by atoms with Crippen LogP contribution in [0, 0.1) is 13.8 Å². The largest absolute Gasteiger partial charge is 0.478 e. The Labute approximate surface area is 93.9 Å². The van der Waals surface area contributed by atoms with Crippen LogP contribution in [0.5, 0.6) is 0 Å². The lowest BCUT2D eigenvalue weighted by atomic mass is 9.99. The lowest BCUT2D eigenvalue weighted by molar-refractivity contribution is 0.0513. The van der Waals surface area contributed by atoms with Gasteiger partial charge in [-0.25, -0.2) is 9.59 Å². The first-order valence-electron chi connectivity index (χ1n) is 4.99. The summed E-state index contributed by atoms with van der Waals surface area (Å²) in [6, 6.07) is 3.24. The molecule has 16 heavy (non-hydrogen) atoms. The Morgan fingerprint density at radius 2 is 1.94 bits per heavy atom. The van der Waals surface area contributed by atoms with Crippen molar-refractivity contribution in [1.82, 2.24) is 0 Å². The summed E-state index contributed by atoms with van der Waals surface area (Å²) in [5, 5.41) is 9.02. The predicted octanol–water partition coefficient (Wildman–Crippen LogP) is 2.18.